The zero-order valence-corrected chi connectivity index (χ0v) is 14.4. The van der Waals surface area contributed by atoms with E-state index >= 15 is 0 Å². The quantitative estimate of drug-likeness (QED) is 0.401. The molecule has 1 aromatic carbocycles. The van der Waals surface area contributed by atoms with Crippen LogP contribution >= 0.6 is 11.6 Å². The lowest BCUT2D eigenvalue weighted by atomic mass is 10.2. The minimum atomic E-state index is -0.142. The molecule has 0 spiro atoms. The van der Waals surface area contributed by atoms with E-state index in [0.717, 1.165) is 12.0 Å². The zero-order valence-electron chi connectivity index (χ0n) is 13.6. The van der Waals surface area contributed by atoms with Gasteiger partial charge in [-0.15, -0.1) is 5.10 Å². The van der Waals surface area contributed by atoms with E-state index in [-0.39, 0.29) is 12.6 Å². The number of anilines is 3. The summed E-state index contributed by atoms with van der Waals surface area (Å²) in [5.41, 5.74) is 8.27. The van der Waals surface area contributed by atoms with E-state index in [1.54, 1.807) is 18.2 Å². The van der Waals surface area contributed by atoms with Gasteiger partial charge in [0.1, 0.15) is 0 Å². The van der Waals surface area contributed by atoms with E-state index in [0.29, 0.717) is 40.2 Å². The number of nitrogen functional groups attached to an aromatic ring is 1. The Morgan fingerprint density at radius 3 is 2.88 bits per heavy atom. The van der Waals surface area contributed by atoms with Gasteiger partial charge in [0.15, 0.2) is 11.3 Å². The molecule has 0 bridgehead atoms. The van der Waals surface area contributed by atoms with E-state index in [2.05, 4.69) is 36.0 Å². The van der Waals surface area contributed by atoms with Crippen molar-refractivity contribution in [2.75, 3.05) is 23.0 Å². The molecule has 25 heavy (non-hydrogen) atoms. The van der Waals surface area contributed by atoms with Crippen LogP contribution in [0.5, 0.6) is 0 Å². The summed E-state index contributed by atoms with van der Waals surface area (Å²) in [5.74, 6) is 0.852. The lowest BCUT2D eigenvalue weighted by molar-refractivity contribution is 0.271. The number of nitrogens with two attached hydrogens (primary N) is 1. The molecule has 0 aliphatic carbocycles. The zero-order chi connectivity index (χ0) is 17.8. The highest BCUT2D eigenvalue weighted by Gasteiger charge is 2.14. The number of benzene rings is 1. The molecule has 0 fully saturated rings. The predicted molar refractivity (Wildman–Crippen MR) is 97.5 cm³/mol. The van der Waals surface area contributed by atoms with Crippen LogP contribution < -0.4 is 16.4 Å². The number of aromatic amines is 1. The van der Waals surface area contributed by atoms with E-state index < -0.39 is 0 Å². The summed E-state index contributed by atoms with van der Waals surface area (Å²) in [4.78, 5) is 8.73. The van der Waals surface area contributed by atoms with Gasteiger partial charge in [-0.25, -0.2) is 0 Å². The van der Waals surface area contributed by atoms with Gasteiger partial charge in [-0.1, -0.05) is 24.6 Å². The Kier molecular flexibility index (Phi) is 5.15. The first-order chi connectivity index (χ1) is 12.1. The maximum Gasteiger partial charge on any atom is 0.227 e. The van der Waals surface area contributed by atoms with Gasteiger partial charge >= 0.3 is 0 Å². The summed E-state index contributed by atoms with van der Waals surface area (Å²) in [6.07, 6.45) is 0.732. The van der Waals surface area contributed by atoms with Crippen LogP contribution in [0, 0.1) is 0 Å². The van der Waals surface area contributed by atoms with E-state index in [9.17, 15) is 5.11 Å². The van der Waals surface area contributed by atoms with Crippen molar-refractivity contribution in [1.29, 1.82) is 0 Å². The number of nitrogens with one attached hydrogen (secondary N) is 3. The van der Waals surface area contributed by atoms with Crippen molar-refractivity contribution in [1.82, 2.24) is 25.4 Å². The highest BCUT2D eigenvalue weighted by molar-refractivity contribution is 6.31. The van der Waals surface area contributed by atoms with Crippen LogP contribution in [0.3, 0.4) is 0 Å². The van der Waals surface area contributed by atoms with Gasteiger partial charge in [0.25, 0.3) is 0 Å². The highest BCUT2D eigenvalue weighted by atomic mass is 35.5. The third-order valence-electron chi connectivity index (χ3n) is 3.82. The van der Waals surface area contributed by atoms with Crippen molar-refractivity contribution in [3.05, 3.63) is 28.8 Å². The number of aliphatic hydroxyl groups excluding tert-OH is 1. The molecule has 1 atom stereocenters. The lowest BCUT2D eigenvalue weighted by Crippen LogP contribution is -2.24. The summed E-state index contributed by atoms with van der Waals surface area (Å²) < 4.78 is 0. The average Bonchev–Trinajstić information content (AvgIpc) is 3.07. The van der Waals surface area contributed by atoms with Crippen LogP contribution in [-0.4, -0.2) is 43.1 Å². The fraction of sp³-hybridized carbons (Fsp3) is 0.333. The number of aliphatic hydroxyl groups is 1. The third kappa shape index (κ3) is 3.72. The van der Waals surface area contributed by atoms with Crippen LogP contribution in [0.1, 0.15) is 18.9 Å². The van der Waals surface area contributed by atoms with Crippen molar-refractivity contribution in [3.63, 3.8) is 0 Å². The van der Waals surface area contributed by atoms with Crippen molar-refractivity contribution in [2.24, 2.45) is 0 Å². The Hall–Kier alpha value is -2.65. The minimum Gasteiger partial charge on any atom is -0.398 e. The molecule has 2 heterocycles. The molecule has 0 aliphatic heterocycles. The molecular formula is C15H19ClN8O. The third-order valence-corrected chi connectivity index (χ3v) is 4.17. The van der Waals surface area contributed by atoms with E-state index in [1.807, 2.05) is 6.92 Å². The first-order valence-corrected chi connectivity index (χ1v) is 8.22. The maximum atomic E-state index is 9.35. The Bertz CT molecular complexity index is 844. The number of fused-ring (bicyclic) bond motifs is 1. The molecule has 0 radical (unpaired) electrons. The average molecular weight is 363 g/mol. The number of hydrogen-bond acceptors (Lipinski definition) is 8. The van der Waals surface area contributed by atoms with Crippen LogP contribution in [0.15, 0.2) is 18.2 Å². The largest absolute Gasteiger partial charge is 0.398 e. The topological polar surface area (TPSA) is 138 Å². The summed E-state index contributed by atoms with van der Waals surface area (Å²) in [6, 6.07) is 5.22. The Morgan fingerprint density at radius 2 is 2.16 bits per heavy atom. The first kappa shape index (κ1) is 17.2. The second-order valence-electron chi connectivity index (χ2n) is 5.48. The molecule has 9 nitrogen and oxygen atoms in total. The fourth-order valence-corrected chi connectivity index (χ4v) is 2.58. The smallest absolute Gasteiger partial charge is 0.227 e. The number of aromatic nitrogens is 5. The fourth-order valence-electron chi connectivity index (χ4n) is 2.33. The highest BCUT2D eigenvalue weighted by Crippen LogP contribution is 2.24. The Balaban J connectivity index is 1.88. The van der Waals surface area contributed by atoms with Gasteiger partial charge in [0.2, 0.25) is 11.6 Å². The van der Waals surface area contributed by atoms with Crippen LogP contribution in [0.4, 0.5) is 17.5 Å². The normalized spacial score (nSPS) is 12.3. The SMILES string of the molecule is CCC(CO)Nc1nc(NCc2c(N)cccc2Cl)c2n[nH]nc2n1. The minimum absolute atomic E-state index is 0.0182. The summed E-state index contributed by atoms with van der Waals surface area (Å²) >= 11 is 6.20. The first-order valence-electron chi connectivity index (χ1n) is 7.85. The number of rotatable bonds is 7. The Labute approximate surface area is 149 Å². The number of hydrogen-bond donors (Lipinski definition) is 5. The molecule has 132 valence electrons. The van der Waals surface area contributed by atoms with Gasteiger partial charge in [-0.05, 0) is 18.6 Å². The summed E-state index contributed by atoms with van der Waals surface area (Å²) in [7, 11) is 0. The molecule has 0 amide bonds. The van der Waals surface area contributed by atoms with Crippen LogP contribution in [0.2, 0.25) is 5.02 Å². The standard InChI is InChI=1S/C15H19ClN8O/c1-2-8(7-25)19-15-20-13(12-14(21-15)23-24-22-12)18-6-9-10(16)4-3-5-11(9)17/h3-5,8,25H,2,6-7,17H2,1H3,(H3,18,19,20,21,22,23,24). The van der Waals surface area contributed by atoms with Gasteiger partial charge in [0.05, 0.1) is 12.6 Å². The maximum absolute atomic E-state index is 9.35. The molecule has 10 heteroatoms. The molecule has 2 aromatic heterocycles. The van der Waals surface area contributed by atoms with E-state index in [4.69, 9.17) is 17.3 Å². The summed E-state index contributed by atoms with van der Waals surface area (Å²) in [5, 5.41) is 26.8. The van der Waals surface area contributed by atoms with Crippen molar-refractivity contribution in [2.45, 2.75) is 25.9 Å². The number of halogens is 1. The van der Waals surface area contributed by atoms with E-state index in [1.165, 1.54) is 0 Å². The van der Waals surface area contributed by atoms with Gasteiger partial charge in [0, 0.05) is 22.8 Å². The Morgan fingerprint density at radius 1 is 1.32 bits per heavy atom. The van der Waals surface area contributed by atoms with Crippen molar-refractivity contribution in [3.8, 4) is 0 Å². The molecule has 0 aliphatic rings. The molecule has 6 N–H and O–H groups in total. The van der Waals surface area contributed by atoms with Crippen molar-refractivity contribution >= 4 is 40.2 Å². The molecule has 0 saturated heterocycles. The number of nitrogens with zero attached hydrogens (tertiary/aromatic N) is 4. The van der Waals surface area contributed by atoms with Crippen LogP contribution in [0.25, 0.3) is 11.2 Å². The van der Waals surface area contributed by atoms with Crippen molar-refractivity contribution < 1.29 is 5.11 Å². The van der Waals surface area contributed by atoms with Gasteiger partial charge in [-0.3, -0.25) is 0 Å². The van der Waals surface area contributed by atoms with Crippen LogP contribution in [-0.2, 0) is 6.54 Å². The molecular weight excluding hydrogens is 344 g/mol. The lowest BCUT2D eigenvalue weighted by Gasteiger charge is -2.15. The molecule has 3 aromatic rings. The van der Waals surface area contributed by atoms with Gasteiger partial charge < -0.3 is 21.5 Å². The second-order valence-corrected chi connectivity index (χ2v) is 5.89. The van der Waals surface area contributed by atoms with Gasteiger partial charge in [-0.2, -0.15) is 20.3 Å². The molecule has 3 rings (SSSR count). The number of H-pyrrole nitrogens is 1. The molecule has 1 unspecified atom stereocenters. The molecule has 0 saturated carbocycles. The predicted octanol–water partition coefficient (Wildman–Crippen LogP) is 1.78. The second kappa shape index (κ2) is 7.49. The summed E-state index contributed by atoms with van der Waals surface area (Å²) in [6.45, 7) is 2.32. The monoisotopic (exact) mass is 362 g/mol.